The molecule has 0 aromatic carbocycles. The molecule has 0 saturated carbocycles. The van der Waals surface area contributed by atoms with Crippen molar-refractivity contribution in [1.29, 1.82) is 0 Å². The summed E-state index contributed by atoms with van der Waals surface area (Å²) in [4.78, 5) is 21.8. The van der Waals surface area contributed by atoms with E-state index in [-0.39, 0.29) is 12.2 Å². The Balaban J connectivity index is 1.77. The Morgan fingerprint density at radius 3 is 2.71 bits per heavy atom. The molecule has 122 valence electrons. The van der Waals surface area contributed by atoms with Crippen LogP contribution in [0.1, 0.15) is 11.3 Å². The molecule has 6 nitrogen and oxygen atoms in total. The number of anilines is 1. The Morgan fingerprint density at radius 1 is 1.12 bits per heavy atom. The molecular formula is C17H15FN4O2. The smallest absolute Gasteiger partial charge is 0.322 e. The molecule has 0 unspecified atom stereocenters. The fraction of sp³-hybridized carbons (Fsp3) is 0.118. The SMILES string of the molecule is O=C(Nc1ccncc1F)N(Cc1cccnc1)Cc1ccco1. The number of hydrogen-bond acceptors (Lipinski definition) is 4. The predicted octanol–water partition coefficient (Wildman–Crippen LogP) is 3.44. The van der Waals surface area contributed by atoms with E-state index < -0.39 is 11.8 Å². The lowest BCUT2D eigenvalue weighted by Crippen LogP contribution is -2.34. The molecule has 0 atom stereocenters. The summed E-state index contributed by atoms with van der Waals surface area (Å²) < 4.78 is 19.0. The monoisotopic (exact) mass is 326 g/mol. The Kier molecular flexibility index (Phi) is 4.81. The zero-order chi connectivity index (χ0) is 16.8. The largest absolute Gasteiger partial charge is 0.467 e. The zero-order valence-corrected chi connectivity index (χ0v) is 12.7. The van der Waals surface area contributed by atoms with Crippen LogP contribution >= 0.6 is 0 Å². The van der Waals surface area contributed by atoms with E-state index in [1.807, 2.05) is 6.07 Å². The van der Waals surface area contributed by atoms with Crippen molar-refractivity contribution in [3.8, 4) is 0 Å². The van der Waals surface area contributed by atoms with Gasteiger partial charge in [0.25, 0.3) is 0 Å². The Labute approximate surface area is 138 Å². The Hall–Kier alpha value is -3.22. The number of rotatable bonds is 5. The molecule has 1 N–H and O–H groups in total. The van der Waals surface area contributed by atoms with Crippen molar-refractivity contribution >= 4 is 11.7 Å². The van der Waals surface area contributed by atoms with Gasteiger partial charge in [-0.3, -0.25) is 9.97 Å². The molecule has 0 radical (unpaired) electrons. The minimum Gasteiger partial charge on any atom is -0.467 e. The van der Waals surface area contributed by atoms with E-state index in [1.54, 1.807) is 30.6 Å². The maximum atomic E-state index is 13.7. The van der Waals surface area contributed by atoms with Crippen molar-refractivity contribution in [2.24, 2.45) is 0 Å². The van der Waals surface area contributed by atoms with Crippen molar-refractivity contribution in [2.45, 2.75) is 13.1 Å². The van der Waals surface area contributed by atoms with E-state index in [1.165, 1.54) is 23.4 Å². The standard InChI is InChI=1S/C17H15FN4O2/c18-15-10-20-7-5-16(15)21-17(23)22(12-14-4-2-8-24-14)11-13-3-1-6-19-9-13/h1-10H,11-12H2,(H,20,21,23). The van der Waals surface area contributed by atoms with Gasteiger partial charge in [0, 0.05) is 25.1 Å². The first-order valence-corrected chi connectivity index (χ1v) is 7.29. The lowest BCUT2D eigenvalue weighted by atomic mass is 10.2. The number of carbonyl (C=O) groups is 1. The van der Waals surface area contributed by atoms with Crippen molar-refractivity contribution in [3.05, 3.63) is 78.5 Å². The van der Waals surface area contributed by atoms with Crippen LogP contribution in [0.2, 0.25) is 0 Å². The molecule has 3 aromatic heterocycles. The average molecular weight is 326 g/mol. The first-order valence-electron chi connectivity index (χ1n) is 7.29. The predicted molar refractivity (Wildman–Crippen MR) is 85.4 cm³/mol. The van der Waals surface area contributed by atoms with Gasteiger partial charge in [-0.05, 0) is 29.8 Å². The van der Waals surface area contributed by atoms with Gasteiger partial charge < -0.3 is 14.6 Å². The lowest BCUT2D eigenvalue weighted by Gasteiger charge is -2.22. The van der Waals surface area contributed by atoms with Crippen LogP contribution in [0.15, 0.2) is 65.8 Å². The molecule has 2 amide bonds. The van der Waals surface area contributed by atoms with Crippen molar-refractivity contribution < 1.29 is 13.6 Å². The number of hydrogen-bond donors (Lipinski definition) is 1. The maximum Gasteiger partial charge on any atom is 0.322 e. The van der Waals surface area contributed by atoms with Crippen molar-refractivity contribution in [1.82, 2.24) is 14.9 Å². The number of carbonyl (C=O) groups excluding carboxylic acids is 1. The number of amides is 2. The van der Waals surface area contributed by atoms with Crippen LogP contribution in [0, 0.1) is 5.82 Å². The number of furan rings is 1. The fourth-order valence-corrected chi connectivity index (χ4v) is 2.17. The number of nitrogens with one attached hydrogen (secondary N) is 1. The highest BCUT2D eigenvalue weighted by Crippen LogP contribution is 2.15. The van der Waals surface area contributed by atoms with E-state index in [4.69, 9.17) is 4.42 Å². The van der Waals surface area contributed by atoms with Crippen LogP contribution in [0.25, 0.3) is 0 Å². The third-order valence-corrected chi connectivity index (χ3v) is 3.32. The highest BCUT2D eigenvalue weighted by Gasteiger charge is 2.17. The molecule has 0 fully saturated rings. The number of aromatic nitrogens is 2. The van der Waals surface area contributed by atoms with Gasteiger partial charge in [0.1, 0.15) is 5.76 Å². The third-order valence-electron chi connectivity index (χ3n) is 3.32. The molecule has 3 rings (SSSR count). The fourth-order valence-electron chi connectivity index (χ4n) is 2.17. The summed E-state index contributed by atoms with van der Waals surface area (Å²) in [6.45, 7) is 0.563. The maximum absolute atomic E-state index is 13.7. The Bertz CT molecular complexity index is 793. The molecule has 0 aliphatic rings. The van der Waals surface area contributed by atoms with Crippen LogP contribution in [-0.4, -0.2) is 20.9 Å². The minimum atomic E-state index is -0.592. The first kappa shape index (κ1) is 15.7. The summed E-state index contributed by atoms with van der Waals surface area (Å²) in [6, 6.07) is 8.14. The normalized spacial score (nSPS) is 10.4. The van der Waals surface area contributed by atoms with Gasteiger partial charge in [0.05, 0.1) is 24.7 Å². The molecule has 3 heterocycles. The van der Waals surface area contributed by atoms with E-state index in [0.717, 1.165) is 11.8 Å². The summed E-state index contributed by atoms with van der Waals surface area (Å²) in [5, 5.41) is 2.55. The van der Waals surface area contributed by atoms with Crippen LogP contribution in [-0.2, 0) is 13.1 Å². The zero-order valence-electron chi connectivity index (χ0n) is 12.7. The third kappa shape index (κ3) is 3.95. The summed E-state index contributed by atoms with van der Waals surface area (Å²) in [6.07, 6.45) is 7.34. The highest BCUT2D eigenvalue weighted by molar-refractivity contribution is 5.89. The second kappa shape index (κ2) is 7.36. The highest BCUT2D eigenvalue weighted by atomic mass is 19.1. The quantitative estimate of drug-likeness (QED) is 0.779. The summed E-state index contributed by atoms with van der Waals surface area (Å²) in [5.74, 6) is 0.0365. The molecule has 7 heteroatoms. The van der Waals surface area contributed by atoms with Crippen molar-refractivity contribution in [2.75, 3.05) is 5.32 Å². The van der Waals surface area contributed by atoms with Crippen molar-refractivity contribution in [3.63, 3.8) is 0 Å². The molecule has 24 heavy (non-hydrogen) atoms. The van der Waals surface area contributed by atoms with E-state index in [2.05, 4.69) is 15.3 Å². The van der Waals surface area contributed by atoms with Crippen LogP contribution in [0.3, 0.4) is 0 Å². The van der Waals surface area contributed by atoms with Crippen LogP contribution in [0.4, 0.5) is 14.9 Å². The van der Waals surface area contributed by atoms with Gasteiger partial charge >= 0.3 is 6.03 Å². The minimum absolute atomic E-state index is 0.0747. The van der Waals surface area contributed by atoms with Gasteiger partial charge in [-0.25, -0.2) is 9.18 Å². The van der Waals surface area contributed by atoms with E-state index in [0.29, 0.717) is 12.3 Å². The molecule has 0 aliphatic carbocycles. The molecule has 3 aromatic rings. The van der Waals surface area contributed by atoms with Gasteiger partial charge in [-0.1, -0.05) is 6.07 Å². The number of halogens is 1. The second-order valence-corrected chi connectivity index (χ2v) is 5.08. The number of pyridine rings is 2. The van der Waals surface area contributed by atoms with E-state index in [9.17, 15) is 9.18 Å². The lowest BCUT2D eigenvalue weighted by molar-refractivity contribution is 0.201. The van der Waals surface area contributed by atoms with Gasteiger partial charge in [0.2, 0.25) is 0 Å². The van der Waals surface area contributed by atoms with E-state index >= 15 is 0 Å². The van der Waals surface area contributed by atoms with Gasteiger partial charge in [-0.15, -0.1) is 0 Å². The molecule has 0 aliphatic heterocycles. The molecule has 0 bridgehead atoms. The van der Waals surface area contributed by atoms with Gasteiger partial charge in [-0.2, -0.15) is 0 Å². The average Bonchev–Trinajstić information content (AvgIpc) is 3.10. The van der Waals surface area contributed by atoms with Crippen LogP contribution in [0.5, 0.6) is 0 Å². The second-order valence-electron chi connectivity index (χ2n) is 5.08. The van der Waals surface area contributed by atoms with Gasteiger partial charge in [0.15, 0.2) is 5.82 Å². The summed E-state index contributed by atoms with van der Waals surface area (Å²) in [7, 11) is 0. The Morgan fingerprint density at radius 2 is 2.00 bits per heavy atom. The molecule has 0 spiro atoms. The summed E-state index contributed by atoms with van der Waals surface area (Å²) >= 11 is 0. The number of urea groups is 1. The number of nitrogens with zero attached hydrogens (tertiary/aromatic N) is 3. The molecule has 0 saturated heterocycles. The van der Waals surface area contributed by atoms with Crippen LogP contribution < -0.4 is 5.32 Å². The molecular weight excluding hydrogens is 311 g/mol. The first-order chi connectivity index (χ1) is 11.7. The topological polar surface area (TPSA) is 71.3 Å². The summed E-state index contributed by atoms with van der Waals surface area (Å²) in [5.41, 5.74) is 0.931.